The van der Waals surface area contributed by atoms with E-state index in [1.165, 1.54) is 12.4 Å². The lowest BCUT2D eigenvalue weighted by molar-refractivity contribution is -0.137. The Hall–Kier alpha value is -3.00. The molecule has 0 fully saturated rings. The molecular weight excluding hydrogens is 367 g/mol. The standard InChI is InChI=1S/C20H20F3N5/c1-28(2)13-17(14-6-4-3-5-7-14)26-18-8-9-25-19(27-18)15-10-16(12-24-11-15)20(21,22)23/h3-12,17H,13H2,1-2H3,(H,25,26,27). The third kappa shape index (κ3) is 5.04. The summed E-state index contributed by atoms with van der Waals surface area (Å²) >= 11 is 0. The Morgan fingerprint density at radius 1 is 1.07 bits per heavy atom. The van der Waals surface area contributed by atoms with Crippen LogP contribution in [-0.4, -0.2) is 40.5 Å². The van der Waals surface area contributed by atoms with Crippen LogP contribution in [0.5, 0.6) is 0 Å². The van der Waals surface area contributed by atoms with Crippen molar-refractivity contribution in [2.24, 2.45) is 0 Å². The third-order valence-electron chi connectivity index (χ3n) is 4.05. The molecule has 0 bridgehead atoms. The highest BCUT2D eigenvalue weighted by Gasteiger charge is 2.31. The van der Waals surface area contributed by atoms with Gasteiger partial charge in [0.1, 0.15) is 5.82 Å². The summed E-state index contributed by atoms with van der Waals surface area (Å²) in [6, 6.07) is 12.5. The van der Waals surface area contributed by atoms with Crippen LogP contribution < -0.4 is 5.32 Å². The fourth-order valence-electron chi connectivity index (χ4n) is 2.76. The second-order valence-corrected chi connectivity index (χ2v) is 6.60. The number of rotatable bonds is 6. The molecular formula is C20H20F3N5. The van der Waals surface area contributed by atoms with E-state index in [-0.39, 0.29) is 17.4 Å². The van der Waals surface area contributed by atoms with Gasteiger partial charge in [0.2, 0.25) is 0 Å². The Labute approximate surface area is 161 Å². The number of halogens is 3. The van der Waals surface area contributed by atoms with Crippen molar-refractivity contribution in [3.8, 4) is 11.4 Å². The van der Waals surface area contributed by atoms with Crippen LogP contribution >= 0.6 is 0 Å². The first-order valence-electron chi connectivity index (χ1n) is 8.65. The fourth-order valence-corrected chi connectivity index (χ4v) is 2.76. The molecule has 0 amide bonds. The number of hydrogen-bond donors (Lipinski definition) is 1. The van der Waals surface area contributed by atoms with E-state index >= 15 is 0 Å². The lowest BCUT2D eigenvalue weighted by atomic mass is 10.1. The second kappa shape index (κ2) is 8.35. The number of nitrogens with zero attached hydrogens (tertiary/aromatic N) is 4. The molecule has 1 N–H and O–H groups in total. The van der Waals surface area contributed by atoms with Gasteiger partial charge in [-0.25, -0.2) is 9.97 Å². The van der Waals surface area contributed by atoms with Crippen LogP contribution in [-0.2, 0) is 6.18 Å². The van der Waals surface area contributed by atoms with Gasteiger partial charge in [0.05, 0.1) is 11.6 Å². The Morgan fingerprint density at radius 3 is 2.50 bits per heavy atom. The first kappa shape index (κ1) is 19.8. The molecule has 0 aliphatic carbocycles. The molecule has 8 heteroatoms. The average Bonchev–Trinajstić information content (AvgIpc) is 2.67. The third-order valence-corrected chi connectivity index (χ3v) is 4.05. The Bertz CT molecular complexity index is 913. The maximum Gasteiger partial charge on any atom is 0.417 e. The van der Waals surface area contributed by atoms with Gasteiger partial charge in [-0.3, -0.25) is 4.98 Å². The van der Waals surface area contributed by atoms with E-state index in [0.29, 0.717) is 12.4 Å². The largest absolute Gasteiger partial charge is 0.417 e. The molecule has 0 radical (unpaired) electrons. The summed E-state index contributed by atoms with van der Waals surface area (Å²) in [6.07, 6.45) is -0.845. The molecule has 146 valence electrons. The molecule has 1 atom stereocenters. The van der Waals surface area contributed by atoms with E-state index in [0.717, 1.165) is 17.8 Å². The van der Waals surface area contributed by atoms with Gasteiger partial charge in [0.15, 0.2) is 5.82 Å². The number of pyridine rings is 1. The lowest BCUT2D eigenvalue weighted by Gasteiger charge is -2.23. The SMILES string of the molecule is CN(C)CC(Nc1ccnc(-c2cncc(C(F)(F)F)c2)n1)c1ccccc1. The number of hydrogen-bond acceptors (Lipinski definition) is 5. The van der Waals surface area contributed by atoms with Gasteiger partial charge < -0.3 is 10.2 Å². The smallest absolute Gasteiger partial charge is 0.362 e. The molecule has 1 aromatic carbocycles. The molecule has 1 unspecified atom stereocenters. The van der Waals surface area contributed by atoms with Gasteiger partial charge in [-0.05, 0) is 31.8 Å². The summed E-state index contributed by atoms with van der Waals surface area (Å²) in [4.78, 5) is 14.2. The highest BCUT2D eigenvalue weighted by Crippen LogP contribution is 2.31. The number of aromatic nitrogens is 3. The van der Waals surface area contributed by atoms with Gasteiger partial charge in [0, 0.05) is 30.7 Å². The van der Waals surface area contributed by atoms with Crippen LogP contribution in [0.1, 0.15) is 17.2 Å². The van der Waals surface area contributed by atoms with Crippen molar-refractivity contribution in [2.45, 2.75) is 12.2 Å². The van der Waals surface area contributed by atoms with Crippen LogP contribution in [0.15, 0.2) is 61.1 Å². The van der Waals surface area contributed by atoms with Gasteiger partial charge in [-0.15, -0.1) is 0 Å². The number of likely N-dealkylation sites (N-methyl/N-ethyl adjacent to an activating group) is 1. The molecule has 3 rings (SSSR count). The Balaban J connectivity index is 1.88. The first-order valence-corrected chi connectivity index (χ1v) is 8.65. The zero-order chi connectivity index (χ0) is 20.1. The number of alkyl halides is 3. The van der Waals surface area contributed by atoms with Crippen LogP contribution in [0.25, 0.3) is 11.4 Å². The van der Waals surface area contributed by atoms with Crippen LogP contribution in [0.3, 0.4) is 0 Å². The number of benzene rings is 1. The zero-order valence-electron chi connectivity index (χ0n) is 15.5. The van der Waals surface area contributed by atoms with Crippen LogP contribution in [0.4, 0.5) is 19.0 Å². The minimum Gasteiger partial charge on any atom is -0.362 e. The monoisotopic (exact) mass is 387 g/mol. The van der Waals surface area contributed by atoms with Crippen molar-refractivity contribution in [2.75, 3.05) is 26.0 Å². The summed E-state index contributed by atoms with van der Waals surface area (Å²) in [6.45, 7) is 0.717. The summed E-state index contributed by atoms with van der Waals surface area (Å²) < 4.78 is 38.8. The van der Waals surface area contributed by atoms with Gasteiger partial charge in [-0.2, -0.15) is 13.2 Å². The maximum absolute atomic E-state index is 12.9. The Morgan fingerprint density at radius 2 is 1.82 bits per heavy atom. The molecule has 0 aliphatic rings. The minimum absolute atomic E-state index is 0.0430. The summed E-state index contributed by atoms with van der Waals surface area (Å²) in [7, 11) is 3.94. The molecule has 2 heterocycles. The molecule has 0 spiro atoms. The number of anilines is 1. The molecule has 0 saturated heterocycles. The second-order valence-electron chi connectivity index (χ2n) is 6.60. The van der Waals surface area contributed by atoms with Gasteiger partial charge in [-0.1, -0.05) is 30.3 Å². The fraction of sp³-hybridized carbons (Fsp3) is 0.250. The highest BCUT2D eigenvalue weighted by molar-refractivity contribution is 5.57. The van der Waals surface area contributed by atoms with Crippen molar-refractivity contribution in [3.63, 3.8) is 0 Å². The molecule has 28 heavy (non-hydrogen) atoms. The quantitative estimate of drug-likeness (QED) is 0.685. The maximum atomic E-state index is 12.9. The molecule has 3 aromatic rings. The van der Waals surface area contributed by atoms with Gasteiger partial charge in [0.25, 0.3) is 0 Å². The molecule has 5 nitrogen and oxygen atoms in total. The summed E-state index contributed by atoms with van der Waals surface area (Å²) in [5.41, 5.74) is 0.459. The van der Waals surface area contributed by atoms with E-state index in [1.807, 2.05) is 49.3 Å². The van der Waals surface area contributed by atoms with E-state index in [4.69, 9.17) is 0 Å². The topological polar surface area (TPSA) is 53.9 Å². The van der Waals surface area contributed by atoms with Crippen LogP contribution in [0.2, 0.25) is 0 Å². The zero-order valence-corrected chi connectivity index (χ0v) is 15.5. The van der Waals surface area contributed by atoms with Crippen molar-refractivity contribution < 1.29 is 13.2 Å². The predicted octanol–water partition coefficient (Wildman–Crippen LogP) is 4.27. The molecule has 2 aromatic heterocycles. The summed E-state index contributed by atoms with van der Waals surface area (Å²) in [5.74, 6) is 0.707. The van der Waals surface area contributed by atoms with Crippen molar-refractivity contribution >= 4 is 5.82 Å². The van der Waals surface area contributed by atoms with E-state index in [1.54, 1.807) is 6.07 Å². The first-order chi connectivity index (χ1) is 13.3. The van der Waals surface area contributed by atoms with Gasteiger partial charge >= 0.3 is 6.18 Å². The summed E-state index contributed by atoms with van der Waals surface area (Å²) in [5, 5.41) is 3.35. The van der Waals surface area contributed by atoms with Crippen LogP contribution in [0, 0.1) is 0 Å². The van der Waals surface area contributed by atoms with Crippen molar-refractivity contribution in [1.82, 2.24) is 19.9 Å². The predicted molar refractivity (Wildman–Crippen MR) is 102 cm³/mol. The van der Waals surface area contributed by atoms with E-state index < -0.39 is 11.7 Å². The van der Waals surface area contributed by atoms with E-state index in [2.05, 4.69) is 20.3 Å². The Kier molecular flexibility index (Phi) is 5.89. The van der Waals surface area contributed by atoms with E-state index in [9.17, 15) is 13.2 Å². The van der Waals surface area contributed by atoms with Crippen molar-refractivity contribution in [3.05, 3.63) is 72.2 Å². The highest BCUT2D eigenvalue weighted by atomic mass is 19.4. The number of nitrogens with one attached hydrogen (secondary N) is 1. The average molecular weight is 387 g/mol. The minimum atomic E-state index is -4.47. The van der Waals surface area contributed by atoms with Crippen molar-refractivity contribution in [1.29, 1.82) is 0 Å². The lowest BCUT2D eigenvalue weighted by Crippen LogP contribution is -2.26. The molecule has 0 aliphatic heterocycles. The molecule has 0 saturated carbocycles. The normalized spacial score (nSPS) is 12.8.